The molecule has 8 atom stereocenters. The molecule has 0 aliphatic heterocycles. The maximum atomic E-state index is 13.9. The molecule has 1 unspecified atom stereocenters. The molecule has 392 valence electrons. The van der Waals surface area contributed by atoms with Gasteiger partial charge in [-0.15, -0.1) is 0 Å². The van der Waals surface area contributed by atoms with Gasteiger partial charge in [0.2, 0.25) is 65.0 Å². The predicted octanol–water partition coefficient (Wildman–Crippen LogP) is -4.27. The summed E-state index contributed by atoms with van der Waals surface area (Å²) in [6, 6.07) is -3.07. The van der Waals surface area contributed by atoms with Crippen LogP contribution >= 0.6 is 0 Å². The third-order valence-electron chi connectivity index (χ3n) is 10.4. The van der Waals surface area contributed by atoms with Gasteiger partial charge in [0.25, 0.3) is 0 Å². The molecule has 26 heteroatoms. The van der Waals surface area contributed by atoms with E-state index in [4.69, 9.17) is 17.2 Å². The van der Waals surface area contributed by atoms with Gasteiger partial charge in [-0.05, 0) is 55.7 Å². The smallest absolute Gasteiger partial charge is 0.245 e. The molecule has 0 aliphatic carbocycles. The summed E-state index contributed by atoms with van der Waals surface area (Å²) in [5.74, 6) is -10.7. The van der Waals surface area contributed by atoms with Crippen LogP contribution in [-0.2, 0) is 70.0 Å². The molecule has 0 bridgehead atoms. The Bertz CT molecular complexity index is 2010. The van der Waals surface area contributed by atoms with Crippen LogP contribution in [0.25, 0.3) is 0 Å². The lowest BCUT2D eigenvalue weighted by Gasteiger charge is -2.27. The van der Waals surface area contributed by atoms with Crippen molar-refractivity contribution in [3.8, 4) is 5.75 Å². The second-order valence-corrected chi connectivity index (χ2v) is 18.7. The van der Waals surface area contributed by atoms with Gasteiger partial charge in [-0.2, -0.15) is 0 Å². The molecule has 0 saturated heterocycles. The topological polar surface area (TPSA) is 420 Å². The fourth-order valence-corrected chi connectivity index (χ4v) is 7.55. The molecule has 1 rings (SSSR count). The number of carbonyl (C=O) groups excluding carboxylic acids is 11. The first-order valence-corrected chi connectivity index (χ1v) is 24.3. The number of nitrogens with two attached hydrogens (primary N) is 3. The van der Waals surface area contributed by atoms with Gasteiger partial charge in [-0.3, -0.25) is 56.9 Å². The van der Waals surface area contributed by atoms with Gasteiger partial charge in [-0.25, -0.2) is 0 Å². The van der Waals surface area contributed by atoms with Crippen molar-refractivity contribution in [1.82, 2.24) is 42.5 Å². The lowest BCUT2D eigenvalue weighted by molar-refractivity contribution is -0.136. The molecule has 0 aliphatic rings. The van der Waals surface area contributed by atoms with E-state index in [0.29, 0.717) is 12.0 Å². The summed E-state index contributed by atoms with van der Waals surface area (Å²) in [5, 5.41) is 39.1. The predicted molar refractivity (Wildman–Crippen MR) is 254 cm³/mol. The van der Waals surface area contributed by atoms with E-state index in [0.717, 1.165) is 0 Å². The van der Waals surface area contributed by atoms with E-state index >= 15 is 0 Å². The number of aliphatic hydroxyl groups is 1. The van der Waals surface area contributed by atoms with E-state index in [9.17, 15) is 67.2 Å². The van der Waals surface area contributed by atoms with E-state index in [1.807, 2.05) is 6.92 Å². The van der Waals surface area contributed by atoms with Crippen LogP contribution < -0.4 is 59.7 Å². The largest absolute Gasteiger partial charge is 0.508 e. The number of benzene rings is 1. The highest BCUT2D eigenvalue weighted by Crippen LogP contribution is 2.13. The molecule has 1 aromatic rings. The van der Waals surface area contributed by atoms with E-state index in [1.54, 1.807) is 39.8 Å². The summed E-state index contributed by atoms with van der Waals surface area (Å²) in [7, 11) is -1.91. The fourth-order valence-electron chi connectivity index (χ4n) is 6.43. The van der Waals surface area contributed by atoms with Crippen molar-refractivity contribution in [2.45, 2.75) is 129 Å². The van der Waals surface area contributed by atoms with Crippen molar-refractivity contribution in [3.05, 3.63) is 29.8 Å². The van der Waals surface area contributed by atoms with Crippen molar-refractivity contribution in [2.75, 3.05) is 31.2 Å². The summed E-state index contributed by atoms with van der Waals surface area (Å²) < 4.78 is 13.4. The van der Waals surface area contributed by atoms with Gasteiger partial charge in [0.05, 0.1) is 19.6 Å². The molecule has 0 radical (unpaired) electrons. The number of primary amides is 3. The average Bonchev–Trinajstić information content (AvgIpc) is 3.28. The zero-order chi connectivity index (χ0) is 53.1. The van der Waals surface area contributed by atoms with E-state index in [2.05, 4.69) is 42.5 Å². The molecule has 0 heterocycles. The number of aromatic hydroxyl groups is 1. The third kappa shape index (κ3) is 25.1. The number of likely N-dealkylation sites (N-methyl/N-ethyl adjacent to an activating group) is 1. The van der Waals surface area contributed by atoms with Crippen LogP contribution in [0.3, 0.4) is 0 Å². The van der Waals surface area contributed by atoms with Crippen LogP contribution in [0.5, 0.6) is 5.75 Å². The molecule has 0 fully saturated rings. The molecule has 0 saturated carbocycles. The zero-order valence-corrected chi connectivity index (χ0v) is 41.1. The molecular formula is C44H71N11O14S. The van der Waals surface area contributed by atoms with E-state index in [1.165, 1.54) is 12.1 Å². The SMILES string of the molecule is CCNC(=O)[C@H](Cc1ccc(O)cc1)NC(=O)CCS(=O)CC[C@H](NC(=O)[C@H](CC(N)=O)NC(=O)[C@H](CCC(N)=O)NC(=O)C[C@@H](C)CC)C(=O)N[C@@H](CO)C(=O)N[C@@H](CC(C)C)C(=O)NCC(N)=O. The van der Waals surface area contributed by atoms with Gasteiger partial charge in [0.15, 0.2) is 0 Å². The quantitative estimate of drug-likeness (QED) is 0.0311. The monoisotopic (exact) mass is 1010 g/mol. The number of hydrogen-bond acceptors (Lipinski definition) is 14. The summed E-state index contributed by atoms with van der Waals surface area (Å²) in [6.07, 6.45) is -1.61. The maximum absolute atomic E-state index is 13.9. The summed E-state index contributed by atoms with van der Waals surface area (Å²) >= 11 is 0. The summed E-state index contributed by atoms with van der Waals surface area (Å²) in [5.41, 5.74) is 16.4. The minimum Gasteiger partial charge on any atom is -0.508 e. The summed E-state index contributed by atoms with van der Waals surface area (Å²) in [6.45, 7) is 7.46. The Balaban J connectivity index is 3.44. The van der Waals surface area contributed by atoms with Crippen molar-refractivity contribution in [3.63, 3.8) is 0 Å². The molecule has 16 N–H and O–H groups in total. The number of phenolic OH excluding ortho intramolecular Hbond substituents is 1. The molecule has 0 aromatic heterocycles. The van der Waals surface area contributed by atoms with Gasteiger partial charge in [0.1, 0.15) is 42.0 Å². The Morgan fingerprint density at radius 3 is 1.64 bits per heavy atom. The zero-order valence-electron chi connectivity index (χ0n) is 40.3. The highest BCUT2D eigenvalue weighted by atomic mass is 32.2. The van der Waals surface area contributed by atoms with Crippen LogP contribution in [-0.4, -0.2) is 147 Å². The van der Waals surface area contributed by atoms with Crippen LogP contribution in [0.1, 0.15) is 91.5 Å². The number of nitrogens with one attached hydrogen (secondary N) is 8. The number of carbonyl (C=O) groups is 11. The first kappa shape index (κ1) is 61.3. The number of rotatable bonds is 34. The number of hydrogen-bond donors (Lipinski definition) is 13. The first-order chi connectivity index (χ1) is 32.9. The Hall–Kier alpha value is -6.70. The van der Waals surface area contributed by atoms with Crippen molar-refractivity contribution in [2.24, 2.45) is 29.0 Å². The normalized spacial score (nSPS) is 14.4. The Morgan fingerprint density at radius 2 is 1.10 bits per heavy atom. The first-order valence-electron chi connectivity index (χ1n) is 22.8. The molecule has 25 nitrogen and oxygen atoms in total. The van der Waals surface area contributed by atoms with E-state index < -0.39 is 144 Å². The minimum absolute atomic E-state index is 0.00247. The Morgan fingerprint density at radius 1 is 0.571 bits per heavy atom. The second kappa shape index (κ2) is 32.2. The standard InChI is InChI=1S/C44H71N11O14S/c1-6-25(5)19-38(62)50-28(12-13-34(45)58)41(65)54-32(21-35(46)59)43(67)52-29(42(66)55-33(23-56)44(68)53-30(18-24(3)4)40(64)49-22-36(47)60)14-16-70(69)17-15-37(61)51-31(39(63)48-7-2)20-26-8-10-27(57)11-9-26/h8-11,24-25,28-33,56-57H,6-7,12-23H2,1-5H3,(H2,45,58)(H2,46,59)(H2,47,60)(H,48,63)(H,49,64)(H,50,62)(H,51,61)(H,52,67)(H,53,68)(H,54,65)(H,55,66)/t25-,28-,29-,30-,31-,32-,33-,70?/m0/s1. The molecule has 70 heavy (non-hydrogen) atoms. The highest BCUT2D eigenvalue weighted by Gasteiger charge is 2.34. The number of amides is 11. The van der Waals surface area contributed by atoms with Crippen molar-refractivity contribution < 1.29 is 67.2 Å². The van der Waals surface area contributed by atoms with Crippen LogP contribution in [0.15, 0.2) is 24.3 Å². The van der Waals surface area contributed by atoms with Gasteiger partial charge in [0, 0.05) is 54.5 Å². The summed E-state index contributed by atoms with van der Waals surface area (Å²) in [4.78, 5) is 141. The van der Waals surface area contributed by atoms with Crippen molar-refractivity contribution >= 4 is 75.8 Å². The van der Waals surface area contributed by atoms with Crippen LogP contribution in [0, 0.1) is 11.8 Å². The Labute approximate surface area is 408 Å². The highest BCUT2D eigenvalue weighted by molar-refractivity contribution is 7.85. The molecule has 11 amide bonds. The molecular weight excluding hydrogens is 939 g/mol. The third-order valence-corrected chi connectivity index (χ3v) is 11.7. The maximum Gasteiger partial charge on any atom is 0.245 e. The fraction of sp³-hybridized carbons (Fsp3) is 0.614. The van der Waals surface area contributed by atoms with Gasteiger partial charge in [-0.1, -0.05) is 46.2 Å². The number of phenols is 1. The van der Waals surface area contributed by atoms with Crippen LogP contribution in [0.4, 0.5) is 0 Å². The minimum atomic E-state index is -1.91. The van der Waals surface area contributed by atoms with E-state index in [-0.39, 0.29) is 68.4 Å². The lowest BCUT2D eigenvalue weighted by atomic mass is 10.0. The van der Waals surface area contributed by atoms with Gasteiger partial charge < -0.3 is 69.9 Å². The second-order valence-electron chi connectivity index (χ2n) is 17.0. The van der Waals surface area contributed by atoms with Gasteiger partial charge >= 0.3 is 0 Å². The molecule has 1 aromatic carbocycles. The van der Waals surface area contributed by atoms with Crippen LogP contribution in [0.2, 0.25) is 0 Å². The molecule has 0 spiro atoms. The van der Waals surface area contributed by atoms with Crippen molar-refractivity contribution in [1.29, 1.82) is 0 Å². The number of aliphatic hydroxyl groups excluding tert-OH is 1. The average molecular weight is 1010 g/mol. The lowest BCUT2D eigenvalue weighted by Crippen LogP contribution is -2.60. The Kier molecular flexibility index (Phi) is 28.2.